The van der Waals surface area contributed by atoms with Crippen molar-refractivity contribution in [2.45, 2.75) is 26.4 Å². The first-order valence-electron chi connectivity index (χ1n) is 5.84. The maximum atomic E-state index is 4.18. The van der Waals surface area contributed by atoms with E-state index in [4.69, 9.17) is 0 Å². The van der Waals surface area contributed by atoms with E-state index in [1.54, 1.807) is 6.33 Å². The number of nitrogens with zero attached hydrogens (tertiary/aromatic N) is 5. The van der Waals surface area contributed by atoms with E-state index in [0.29, 0.717) is 0 Å². The van der Waals surface area contributed by atoms with E-state index in [9.17, 15) is 0 Å². The molecule has 6 heteroatoms. The lowest BCUT2D eigenvalue weighted by Gasteiger charge is -2.07. The highest BCUT2D eigenvalue weighted by atomic mass is 15.2. The maximum Gasteiger partial charge on any atom is 0.134 e. The molecule has 6 nitrogen and oxygen atoms in total. The Hall–Kier alpha value is -1.69. The van der Waals surface area contributed by atoms with Crippen molar-refractivity contribution in [3.8, 4) is 0 Å². The molecular weight excluding hydrogens is 216 g/mol. The molecule has 0 unspecified atom stereocenters. The van der Waals surface area contributed by atoms with Crippen molar-refractivity contribution in [2.24, 2.45) is 7.05 Å². The van der Waals surface area contributed by atoms with E-state index in [0.717, 1.165) is 31.9 Å². The summed E-state index contributed by atoms with van der Waals surface area (Å²) in [6.45, 7) is 4.80. The quantitative estimate of drug-likeness (QED) is 0.784. The largest absolute Gasteiger partial charge is 0.333 e. The first-order valence-corrected chi connectivity index (χ1v) is 5.84. The fraction of sp³-hybridized carbons (Fsp3) is 0.545. The van der Waals surface area contributed by atoms with Crippen molar-refractivity contribution >= 4 is 0 Å². The van der Waals surface area contributed by atoms with Gasteiger partial charge in [-0.25, -0.2) is 4.98 Å². The van der Waals surface area contributed by atoms with Crippen LogP contribution in [0.5, 0.6) is 0 Å². The van der Waals surface area contributed by atoms with Crippen LogP contribution < -0.4 is 5.32 Å². The zero-order chi connectivity index (χ0) is 12.1. The molecule has 0 fully saturated rings. The Morgan fingerprint density at radius 2 is 2.24 bits per heavy atom. The predicted molar refractivity (Wildman–Crippen MR) is 64.3 cm³/mol. The summed E-state index contributed by atoms with van der Waals surface area (Å²) in [7, 11) is 1.96. The second-order valence-electron chi connectivity index (χ2n) is 3.97. The van der Waals surface area contributed by atoms with Crippen molar-refractivity contribution in [2.75, 3.05) is 6.54 Å². The Labute approximate surface area is 101 Å². The van der Waals surface area contributed by atoms with E-state index < -0.39 is 0 Å². The van der Waals surface area contributed by atoms with Gasteiger partial charge in [-0.2, -0.15) is 0 Å². The molecule has 2 rings (SSSR count). The van der Waals surface area contributed by atoms with E-state index >= 15 is 0 Å². The fourth-order valence-electron chi connectivity index (χ4n) is 1.70. The van der Waals surface area contributed by atoms with E-state index in [1.807, 2.05) is 24.1 Å². The summed E-state index contributed by atoms with van der Waals surface area (Å²) >= 11 is 0. The number of nitrogens with one attached hydrogen (secondary N) is 1. The van der Waals surface area contributed by atoms with Crippen LogP contribution >= 0.6 is 0 Å². The molecule has 2 aromatic heterocycles. The van der Waals surface area contributed by atoms with Gasteiger partial charge in [0, 0.05) is 32.8 Å². The van der Waals surface area contributed by atoms with Gasteiger partial charge < -0.3 is 14.5 Å². The second-order valence-corrected chi connectivity index (χ2v) is 3.97. The third-order valence-corrected chi connectivity index (χ3v) is 2.74. The zero-order valence-corrected chi connectivity index (χ0v) is 10.3. The topological polar surface area (TPSA) is 60.6 Å². The van der Waals surface area contributed by atoms with Crippen molar-refractivity contribution in [1.82, 2.24) is 29.6 Å². The van der Waals surface area contributed by atoms with Crippen LogP contribution in [0.2, 0.25) is 0 Å². The van der Waals surface area contributed by atoms with Crippen molar-refractivity contribution in [3.05, 3.63) is 30.4 Å². The Kier molecular flexibility index (Phi) is 3.87. The molecule has 2 heterocycles. The van der Waals surface area contributed by atoms with Gasteiger partial charge in [0.1, 0.15) is 12.2 Å². The second kappa shape index (κ2) is 5.58. The number of aryl methyl sites for hydroxylation is 3. The number of imidazole rings is 1. The highest BCUT2D eigenvalue weighted by Crippen LogP contribution is 2.02. The van der Waals surface area contributed by atoms with Crippen LogP contribution in [0, 0.1) is 0 Å². The summed E-state index contributed by atoms with van der Waals surface area (Å²) in [5, 5.41) is 11.2. The fourth-order valence-corrected chi connectivity index (χ4v) is 1.70. The molecule has 92 valence electrons. The summed E-state index contributed by atoms with van der Waals surface area (Å²) in [6.07, 6.45) is 6.36. The number of hydrogen-bond acceptors (Lipinski definition) is 4. The van der Waals surface area contributed by atoms with Crippen LogP contribution in [-0.4, -0.2) is 30.9 Å². The highest BCUT2D eigenvalue weighted by Gasteiger charge is 2.04. The molecule has 0 aliphatic heterocycles. The summed E-state index contributed by atoms with van der Waals surface area (Å²) < 4.78 is 4.10. The molecule has 0 aromatic carbocycles. The molecular formula is C11H18N6. The highest BCUT2D eigenvalue weighted by molar-refractivity contribution is 4.98. The van der Waals surface area contributed by atoms with Crippen molar-refractivity contribution in [1.29, 1.82) is 0 Å². The number of hydrogen-bond donors (Lipinski definition) is 1. The average molecular weight is 234 g/mol. The molecule has 0 saturated carbocycles. The smallest absolute Gasteiger partial charge is 0.134 e. The molecule has 0 aliphatic rings. The zero-order valence-electron chi connectivity index (χ0n) is 10.3. The molecule has 2 aromatic rings. The Balaban J connectivity index is 1.95. The Morgan fingerprint density at radius 1 is 1.35 bits per heavy atom. The lowest BCUT2D eigenvalue weighted by atomic mass is 10.3. The van der Waals surface area contributed by atoms with Crippen LogP contribution in [0.25, 0.3) is 0 Å². The Bertz CT molecular complexity index is 458. The van der Waals surface area contributed by atoms with E-state index in [2.05, 4.69) is 32.0 Å². The molecule has 0 saturated heterocycles. The third-order valence-electron chi connectivity index (χ3n) is 2.74. The van der Waals surface area contributed by atoms with Gasteiger partial charge in [-0.15, -0.1) is 10.2 Å². The summed E-state index contributed by atoms with van der Waals surface area (Å²) in [5.41, 5.74) is 1.20. The molecule has 0 bridgehead atoms. The SMILES string of the molecule is CCNCc1cncn1CCc1nncn1C. The summed E-state index contributed by atoms with van der Waals surface area (Å²) in [6, 6.07) is 0. The molecule has 0 amide bonds. The Morgan fingerprint density at radius 3 is 2.94 bits per heavy atom. The minimum Gasteiger partial charge on any atom is -0.333 e. The van der Waals surface area contributed by atoms with Crippen molar-refractivity contribution < 1.29 is 0 Å². The predicted octanol–water partition coefficient (Wildman–Crippen LogP) is 0.364. The maximum absolute atomic E-state index is 4.18. The monoisotopic (exact) mass is 234 g/mol. The van der Waals surface area contributed by atoms with Gasteiger partial charge in [-0.1, -0.05) is 6.92 Å². The van der Waals surface area contributed by atoms with Crippen LogP contribution in [0.1, 0.15) is 18.4 Å². The number of aromatic nitrogens is 5. The molecule has 0 spiro atoms. The van der Waals surface area contributed by atoms with Gasteiger partial charge in [-0.05, 0) is 6.54 Å². The summed E-state index contributed by atoms with van der Waals surface area (Å²) in [4.78, 5) is 4.18. The first kappa shape index (κ1) is 11.8. The van der Waals surface area contributed by atoms with Gasteiger partial charge in [0.25, 0.3) is 0 Å². The minimum absolute atomic E-state index is 0.856. The lowest BCUT2D eigenvalue weighted by Crippen LogP contribution is -2.16. The normalized spacial score (nSPS) is 10.9. The van der Waals surface area contributed by atoms with Crippen LogP contribution in [-0.2, 0) is 26.6 Å². The van der Waals surface area contributed by atoms with Crippen LogP contribution in [0.3, 0.4) is 0 Å². The van der Waals surface area contributed by atoms with Gasteiger partial charge in [0.2, 0.25) is 0 Å². The van der Waals surface area contributed by atoms with Gasteiger partial charge in [0.05, 0.1) is 12.0 Å². The average Bonchev–Trinajstić information content (AvgIpc) is 2.93. The van der Waals surface area contributed by atoms with Gasteiger partial charge in [-0.3, -0.25) is 0 Å². The van der Waals surface area contributed by atoms with Crippen LogP contribution in [0.4, 0.5) is 0 Å². The summed E-state index contributed by atoms with van der Waals surface area (Å²) in [5.74, 6) is 0.994. The molecule has 17 heavy (non-hydrogen) atoms. The molecule has 0 atom stereocenters. The third kappa shape index (κ3) is 2.91. The standard InChI is InChI=1S/C11H18N6/c1-3-12-6-10-7-13-8-17(10)5-4-11-15-14-9-16(11)2/h7-9,12H,3-6H2,1-2H3. The molecule has 1 N–H and O–H groups in total. The van der Waals surface area contributed by atoms with Crippen molar-refractivity contribution in [3.63, 3.8) is 0 Å². The van der Waals surface area contributed by atoms with E-state index in [-0.39, 0.29) is 0 Å². The van der Waals surface area contributed by atoms with E-state index in [1.165, 1.54) is 5.69 Å². The minimum atomic E-state index is 0.856. The number of rotatable bonds is 6. The van der Waals surface area contributed by atoms with Gasteiger partial charge in [0.15, 0.2) is 0 Å². The van der Waals surface area contributed by atoms with Gasteiger partial charge >= 0.3 is 0 Å². The first-order chi connectivity index (χ1) is 8.31. The molecule has 0 radical (unpaired) electrons. The van der Waals surface area contributed by atoms with Crippen LogP contribution in [0.15, 0.2) is 18.9 Å². The lowest BCUT2D eigenvalue weighted by molar-refractivity contribution is 0.599. The molecule has 0 aliphatic carbocycles.